The molecule has 4 heterocycles. The molecule has 2 saturated heterocycles. The molecular formula is C31H33F2N7O4. The zero-order chi connectivity index (χ0) is 31.1. The Morgan fingerprint density at radius 3 is 2.48 bits per heavy atom. The number of piperazine rings is 1. The van der Waals surface area contributed by atoms with Gasteiger partial charge in [0.05, 0.1) is 31.1 Å². The predicted octanol–water partition coefficient (Wildman–Crippen LogP) is 3.08. The Balaban J connectivity index is 1.15. The maximum atomic E-state index is 14.8. The SMILES string of the molecule is COc1ccc(-c2cnc3c(Nc4ccc(C(=O)N5CCN(C(=O)[C@@H]6C[C@@H](O)CN6C)CC5)c(C)c4)nccn23)c(F)c1F. The molecule has 2 N–H and O–H groups in total. The van der Waals surface area contributed by atoms with Crippen molar-refractivity contribution in [2.45, 2.75) is 25.5 Å². The first-order chi connectivity index (χ1) is 21.2. The second-order valence-corrected chi connectivity index (χ2v) is 11.2. The quantitative estimate of drug-likeness (QED) is 0.345. The molecule has 2 aliphatic heterocycles. The predicted molar refractivity (Wildman–Crippen MR) is 159 cm³/mol. The molecule has 0 aliphatic carbocycles. The van der Waals surface area contributed by atoms with Gasteiger partial charge in [0.1, 0.15) is 0 Å². The fraction of sp³-hybridized carbons (Fsp3) is 0.355. The van der Waals surface area contributed by atoms with E-state index in [9.17, 15) is 23.5 Å². The normalized spacial score (nSPS) is 19.0. The number of fused-ring (bicyclic) bond motifs is 1. The monoisotopic (exact) mass is 605 g/mol. The summed E-state index contributed by atoms with van der Waals surface area (Å²) in [7, 11) is 3.11. The molecule has 0 saturated carbocycles. The van der Waals surface area contributed by atoms with Crippen molar-refractivity contribution in [1.29, 1.82) is 0 Å². The van der Waals surface area contributed by atoms with Gasteiger partial charge in [0, 0.05) is 61.9 Å². The third-order valence-electron chi connectivity index (χ3n) is 8.38. The third-order valence-corrected chi connectivity index (χ3v) is 8.38. The van der Waals surface area contributed by atoms with Crippen molar-refractivity contribution >= 4 is 29.0 Å². The van der Waals surface area contributed by atoms with Crippen molar-refractivity contribution in [3.8, 4) is 17.0 Å². The summed E-state index contributed by atoms with van der Waals surface area (Å²) in [6.07, 6.45) is 4.52. The number of carbonyl (C=O) groups is 2. The van der Waals surface area contributed by atoms with Gasteiger partial charge in [-0.3, -0.25) is 18.9 Å². The van der Waals surface area contributed by atoms with Crippen molar-refractivity contribution in [2.24, 2.45) is 0 Å². The highest BCUT2D eigenvalue weighted by Crippen LogP contribution is 2.32. The van der Waals surface area contributed by atoms with Crippen molar-refractivity contribution < 1.29 is 28.2 Å². The number of aryl methyl sites for hydroxylation is 1. The lowest BCUT2D eigenvalue weighted by Crippen LogP contribution is -2.54. The summed E-state index contributed by atoms with van der Waals surface area (Å²) in [5.74, 6) is -2.02. The summed E-state index contributed by atoms with van der Waals surface area (Å²) in [4.78, 5) is 40.6. The van der Waals surface area contributed by atoms with E-state index in [1.165, 1.54) is 31.6 Å². The van der Waals surface area contributed by atoms with Crippen LogP contribution in [0.3, 0.4) is 0 Å². The Kier molecular flexibility index (Phi) is 7.91. The van der Waals surface area contributed by atoms with Crippen LogP contribution in [0.5, 0.6) is 5.75 Å². The number of anilines is 2. The fourth-order valence-electron chi connectivity index (χ4n) is 5.98. The van der Waals surface area contributed by atoms with Crippen LogP contribution in [0.4, 0.5) is 20.3 Å². The molecule has 44 heavy (non-hydrogen) atoms. The molecule has 0 unspecified atom stereocenters. The molecule has 2 aromatic heterocycles. The molecular weight excluding hydrogens is 572 g/mol. The van der Waals surface area contributed by atoms with Crippen molar-refractivity contribution in [3.63, 3.8) is 0 Å². The van der Waals surface area contributed by atoms with Gasteiger partial charge in [-0.2, -0.15) is 4.39 Å². The summed E-state index contributed by atoms with van der Waals surface area (Å²) in [5.41, 5.74) is 2.76. The van der Waals surface area contributed by atoms with Gasteiger partial charge in [-0.15, -0.1) is 0 Å². The lowest BCUT2D eigenvalue weighted by atomic mass is 10.1. The molecule has 4 aromatic rings. The Morgan fingerprint density at radius 2 is 1.80 bits per heavy atom. The number of β-amino-alcohol motifs (C(OH)–C–C–N with tert-alkyl or cyclic N) is 1. The maximum Gasteiger partial charge on any atom is 0.254 e. The number of benzene rings is 2. The zero-order valence-corrected chi connectivity index (χ0v) is 24.6. The van der Waals surface area contributed by atoms with Crippen LogP contribution in [0, 0.1) is 18.6 Å². The number of amides is 2. The lowest BCUT2D eigenvalue weighted by molar-refractivity contribution is -0.137. The highest BCUT2D eigenvalue weighted by Gasteiger charge is 2.37. The van der Waals surface area contributed by atoms with Crippen LogP contribution in [0.1, 0.15) is 22.3 Å². The van der Waals surface area contributed by atoms with Crippen LogP contribution in [-0.2, 0) is 4.79 Å². The lowest BCUT2D eigenvalue weighted by Gasteiger charge is -2.37. The average Bonchev–Trinajstić information content (AvgIpc) is 3.60. The minimum Gasteiger partial charge on any atom is -0.494 e. The van der Waals surface area contributed by atoms with Crippen LogP contribution in [0.2, 0.25) is 0 Å². The number of hydrogen-bond donors (Lipinski definition) is 2. The van der Waals surface area contributed by atoms with Gasteiger partial charge < -0.3 is 25.0 Å². The van der Waals surface area contributed by atoms with Crippen molar-refractivity contribution in [3.05, 3.63) is 71.7 Å². The van der Waals surface area contributed by atoms with Crippen LogP contribution < -0.4 is 10.1 Å². The molecule has 0 radical (unpaired) electrons. The number of aliphatic hydroxyl groups is 1. The molecule has 2 atom stereocenters. The van der Waals surface area contributed by atoms with E-state index in [0.29, 0.717) is 67.6 Å². The van der Waals surface area contributed by atoms with Crippen LogP contribution in [0.25, 0.3) is 16.9 Å². The number of likely N-dealkylation sites (tertiary alicyclic amines) is 1. The number of nitrogens with one attached hydrogen (secondary N) is 1. The second-order valence-electron chi connectivity index (χ2n) is 11.2. The molecule has 0 bridgehead atoms. The van der Waals surface area contributed by atoms with E-state index in [1.54, 1.807) is 32.5 Å². The molecule has 230 valence electrons. The highest BCUT2D eigenvalue weighted by atomic mass is 19.2. The Labute approximate surface area is 252 Å². The summed E-state index contributed by atoms with van der Waals surface area (Å²) in [6.45, 7) is 4.07. The average molecular weight is 606 g/mol. The second kappa shape index (κ2) is 11.8. The van der Waals surface area contributed by atoms with Gasteiger partial charge in [-0.05, 0) is 56.3 Å². The van der Waals surface area contributed by atoms with Gasteiger partial charge in [-0.25, -0.2) is 14.4 Å². The Bertz CT molecular complexity index is 1740. The Hall–Kier alpha value is -4.62. The number of carbonyl (C=O) groups excluding carboxylic acids is 2. The zero-order valence-electron chi connectivity index (χ0n) is 24.6. The first-order valence-electron chi connectivity index (χ1n) is 14.3. The molecule has 13 heteroatoms. The molecule has 2 fully saturated rings. The molecule has 6 rings (SSSR count). The minimum absolute atomic E-state index is 0.00252. The number of ether oxygens (including phenoxy) is 1. The number of halogens is 2. The minimum atomic E-state index is -1.08. The van der Waals surface area contributed by atoms with Gasteiger partial charge in [0.25, 0.3) is 5.91 Å². The number of aromatic nitrogens is 3. The molecule has 2 amide bonds. The van der Waals surface area contributed by atoms with E-state index >= 15 is 0 Å². The number of rotatable bonds is 6. The van der Waals surface area contributed by atoms with E-state index in [4.69, 9.17) is 4.74 Å². The first kappa shape index (κ1) is 29.5. The standard InChI is InChI=1S/C31H33F2N7O4/c1-18-14-19(4-5-21(18)30(42)38-10-12-39(13-11-38)31(43)23-15-20(41)17-37(23)2)36-28-29-35-16-24(40(29)9-8-34-28)22-6-7-25(44-3)27(33)26(22)32/h4-9,14,16,20,23,41H,10-13,15,17H2,1-3H3,(H,34,36)/t20-,23+/m1/s1. The molecule has 2 aliphatic rings. The van der Waals surface area contributed by atoms with E-state index in [1.807, 2.05) is 24.9 Å². The van der Waals surface area contributed by atoms with Crippen LogP contribution in [-0.4, -0.2) is 105 Å². The van der Waals surface area contributed by atoms with Gasteiger partial charge in [-0.1, -0.05) is 0 Å². The van der Waals surface area contributed by atoms with Crippen LogP contribution >= 0.6 is 0 Å². The molecule has 11 nitrogen and oxygen atoms in total. The topological polar surface area (TPSA) is 116 Å². The van der Waals surface area contributed by atoms with Crippen molar-refractivity contribution in [1.82, 2.24) is 29.1 Å². The number of imidazole rings is 1. The maximum absolute atomic E-state index is 14.8. The number of likely N-dealkylation sites (N-methyl/N-ethyl adjacent to an activating group) is 1. The third kappa shape index (κ3) is 5.33. The molecule has 2 aromatic carbocycles. The summed E-state index contributed by atoms with van der Waals surface area (Å²) < 4.78 is 35.7. The van der Waals surface area contributed by atoms with Crippen molar-refractivity contribution in [2.75, 3.05) is 52.2 Å². The summed E-state index contributed by atoms with van der Waals surface area (Å²) >= 11 is 0. The molecule has 0 spiro atoms. The van der Waals surface area contributed by atoms with Gasteiger partial charge in [0.15, 0.2) is 23.0 Å². The Morgan fingerprint density at radius 1 is 1.05 bits per heavy atom. The van der Waals surface area contributed by atoms with E-state index in [2.05, 4.69) is 15.3 Å². The summed E-state index contributed by atoms with van der Waals surface area (Å²) in [5, 5.41) is 13.1. The number of methoxy groups -OCH3 is 1. The highest BCUT2D eigenvalue weighted by molar-refractivity contribution is 5.96. The fourth-order valence-corrected chi connectivity index (χ4v) is 5.98. The number of aliphatic hydroxyl groups excluding tert-OH is 1. The smallest absolute Gasteiger partial charge is 0.254 e. The number of nitrogens with zero attached hydrogens (tertiary/aromatic N) is 6. The largest absolute Gasteiger partial charge is 0.494 e. The first-order valence-corrected chi connectivity index (χ1v) is 14.3. The van der Waals surface area contributed by atoms with Gasteiger partial charge >= 0.3 is 0 Å². The summed E-state index contributed by atoms with van der Waals surface area (Å²) in [6, 6.07) is 7.83. The number of hydrogen-bond acceptors (Lipinski definition) is 8. The van der Waals surface area contributed by atoms with Crippen LogP contribution in [0.15, 0.2) is 48.9 Å². The van der Waals surface area contributed by atoms with E-state index in [0.717, 1.165) is 5.56 Å². The van der Waals surface area contributed by atoms with Gasteiger partial charge in [0.2, 0.25) is 11.7 Å². The van der Waals surface area contributed by atoms with E-state index < -0.39 is 17.7 Å². The van der Waals surface area contributed by atoms with E-state index in [-0.39, 0.29) is 29.2 Å².